The molecule has 6 heteroatoms. The first kappa shape index (κ1) is 10.9. The fraction of sp³-hybridized carbons (Fsp3) is 0.100. The number of rotatable bonds is 3. The summed E-state index contributed by atoms with van der Waals surface area (Å²) >= 11 is 3.11. The Morgan fingerprint density at radius 2 is 2.31 bits per heavy atom. The van der Waals surface area contributed by atoms with Crippen LogP contribution in [0.1, 0.15) is 5.56 Å². The number of hydrogen-bond acceptors (Lipinski definition) is 3. The molecule has 16 heavy (non-hydrogen) atoms. The SMILES string of the molecule is Nc1cc(F)c(Br)cc1NCc1cn[nH]c1. The number of aromatic amines is 1. The van der Waals surface area contributed by atoms with E-state index >= 15 is 0 Å². The summed E-state index contributed by atoms with van der Waals surface area (Å²) in [6, 6.07) is 2.90. The summed E-state index contributed by atoms with van der Waals surface area (Å²) in [6.45, 7) is 0.582. The summed E-state index contributed by atoms with van der Waals surface area (Å²) in [5, 5.41) is 9.64. The molecule has 0 fully saturated rings. The fourth-order valence-electron chi connectivity index (χ4n) is 1.29. The van der Waals surface area contributed by atoms with E-state index in [1.165, 1.54) is 6.07 Å². The molecule has 0 atom stereocenters. The van der Waals surface area contributed by atoms with Crippen molar-refractivity contribution in [2.75, 3.05) is 11.1 Å². The number of hydrogen-bond donors (Lipinski definition) is 3. The van der Waals surface area contributed by atoms with Gasteiger partial charge in [-0.1, -0.05) is 0 Å². The van der Waals surface area contributed by atoms with Gasteiger partial charge in [0, 0.05) is 24.4 Å². The van der Waals surface area contributed by atoms with Gasteiger partial charge in [0.05, 0.1) is 22.0 Å². The molecule has 0 aliphatic heterocycles. The zero-order valence-electron chi connectivity index (χ0n) is 8.30. The molecule has 0 saturated heterocycles. The summed E-state index contributed by atoms with van der Waals surface area (Å²) < 4.78 is 13.5. The molecule has 1 aromatic heterocycles. The molecule has 1 heterocycles. The fourth-order valence-corrected chi connectivity index (χ4v) is 1.63. The Morgan fingerprint density at radius 3 is 3.00 bits per heavy atom. The van der Waals surface area contributed by atoms with E-state index in [-0.39, 0.29) is 5.82 Å². The molecule has 4 nitrogen and oxygen atoms in total. The van der Waals surface area contributed by atoms with Gasteiger partial charge in [0.2, 0.25) is 0 Å². The van der Waals surface area contributed by atoms with Crippen molar-refractivity contribution in [3.63, 3.8) is 0 Å². The molecule has 1 aromatic carbocycles. The first-order chi connectivity index (χ1) is 7.66. The number of aromatic nitrogens is 2. The minimum absolute atomic E-state index is 0.369. The van der Waals surface area contributed by atoms with E-state index < -0.39 is 0 Å². The minimum Gasteiger partial charge on any atom is -0.397 e. The van der Waals surface area contributed by atoms with Crippen LogP contribution < -0.4 is 11.1 Å². The third-order valence-electron chi connectivity index (χ3n) is 2.13. The molecule has 2 aromatic rings. The molecule has 0 unspecified atom stereocenters. The molecular weight excluding hydrogens is 275 g/mol. The number of benzene rings is 1. The maximum atomic E-state index is 13.1. The van der Waals surface area contributed by atoms with Crippen LogP contribution in [-0.4, -0.2) is 10.2 Å². The van der Waals surface area contributed by atoms with Gasteiger partial charge in [-0.3, -0.25) is 5.10 Å². The first-order valence-electron chi connectivity index (χ1n) is 4.63. The van der Waals surface area contributed by atoms with Gasteiger partial charge in [0.1, 0.15) is 5.82 Å². The lowest BCUT2D eigenvalue weighted by molar-refractivity contribution is 0.622. The van der Waals surface area contributed by atoms with Crippen LogP contribution in [0.3, 0.4) is 0 Å². The van der Waals surface area contributed by atoms with Crippen molar-refractivity contribution in [2.45, 2.75) is 6.54 Å². The van der Waals surface area contributed by atoms with Gasteiger partial charge in [0.15, 0.2) is 0 Å². The maximum absolute atomic E-state index is 13.1. The lowest BCUT2D eigenvalue weighted by atomic mass is 10.2. The molecule has 4 N–H and O–H groups in total. The van der Waals surface area contributed by atoms with Crippen molar-refractivity contribution < 1.29 is 4.39 Å². The van der Waals surface area contributed by atoms with E-state index in [0.717, 1.165) is 5.56 Å². The number of nitrogens with one attached hydrogen (secondary N) is 2. The Balaban J connectivity index is 2.12. The predicted molar refractivity (Wildman–Crippen MR) is 64.4 cm³/mol. The molecule has 0 amide bonds. The highest BCUT2D eigenvalue weighted by molar-refractivity contribution is 9.10. The van der Waals surface area contributed by atoms with E-state index in [4.69, 9.17) is 5.73 Å². The largest absolute Gasteiger partial charge is 0.397 e. The van der Waals surface area contributed by atoms with E-state index in [2.05, 4.69) is 31.4 Å². The highest BCUT2D eigenvalue weighted by Gasteiger charge is 2.05. The Morgan fingerprint density at radius 1 is 1.50 bits per heavy atom. The van der Waals surface area contributed by atoms with Gasteiger partial charge < -0.3 is 11.1 Å². The first-order valence-corrected chi connectivity index (χ1v) is 5.42. The zero-order chi connectivity index (χ0) is 11.5. The summed E-state index contributed by atoms with van der Waals surface area (Å²) in [5.41, 5.74) is 7.75. The van der Waals surface area contributed by atoms with Gasteiger partial charge in [-0.2, -0.15) is 5.10 Å². The standard InChI is InChI=1S/C10H10BrFN4/c11-7-1-10(9(13)2-8(7)12)14-3-6-4-15-16-5-6/h1-2,4-5,14H,3,13H2,(H,15,16). The highest BCUT2D eigenvalue weighted by Crippen LogP contribution is 2.26. The van der Waals surface area contributed by atoms with E-state index in [1.807, 2.05) is 0 Å². The van der Waals surface area contributed by atoms with Crippen molar-refractivity contribution in [3.8, 4) is 0 Å². The third kappa shape index (κ3) is 2.33. The molecule has 0 saturated carbocycles. The van der Waals surface area contributed by atoms with Crippen LogP contribution in [0.15, 0.2) is 29.0 Å². The topological polar surface area (TPSA) is 66.7 Å². The van der Waals surface area contributed by atoms with Gasteiger partial charge >= 0.3 is 0 Å². The average Bonchev–Trinajstić information content (AvgIpc) is 2.74. The number of nitrogens with zero attached hydrogens (tertiary/aromatic N) is 1. The van der Waals surface area contributed by atoms with Crippen molar-refractivity contribution in [2.24, 2.45) is 0 Å². The van der Waals surface area contributed by atoms with Crippen LogP contribution in [0, 0.1) is 5.82 Å². The molecule has 2 rings (SSSR count). The monoisotopic (exact) mass is 284 g/mol. The van der Waals surface area contributed by atoms with Crippen LogP contribution in [0.5, 0.6) is 0 Å². The Bertz CT molecular complexity index is 484. The van der Waals surface area contributed by atoms with E-state index in [0.29, 0.717) is 22.4 Å². The lowest BCUT2D eigenvalue weighted by Crippen LogP contribution is -2.02. The Kier molecular flexibility index (Phi) is 3.09. The second kappa shape index (κ2) is 4.52. The molecule has 0 spiro atoms. The molecule has 0 aliphatic carbocycles. The van der Waals surface area contributed by atoms with Crippen LogP contribution in [0.4, 0.5) is 15.8 Å². The summed E-state index contributed by atoms with van der Waals surface area (Å²) in [5.74, 6) is -0.369. The van der Waals surface area contributed by atoms with Crippen LogP contribution in [0.25, 0.3) is 0 Å². The van der Waals surface area contributed by atoms with Crippen molar-refractivity contribution >= 4 is 27.3 Å². The number of anilines is 2. The second-order valence-corrected chi connectivity index (χ2v) is 4.17. The predicted octanol–water partition coefficient (Wildman–Crippen LogP) is 2.51. The van der Waals surface area contributed by atoms with Crippen molar-refractivity contribution in [3.05, 3.63) is 40.4 Å². The van der Waals surface area contributed by atoms with Gasteiger partial charge in [-0.15, -0.1) is 0 Å². The van der Waals surface area contributed by atoms with Crippen LogP contribution >= 0.6 is 15.9 Å². The molecule has 0 aliphatic rings. The minimum atomic E-state index is -0.369. The van der Waals surface area contributed by atoms with E-state index in [9.17, 15) is 4.39 Å². The van der Waals surface area contributed by atoms with Crippen LogP contribution in [-0.2, 0) is 6.54 Å². The smallest absolute Gasteiger partial charge is 0.139 e. The maximum Gasteiger partial charge on any atom is 0.139 e. The highest BCUT2D eigenvalue weighted by atomic mass is 79.9. The van der Waals surface area contributed by atoms with Gasteiger partial charge in [-0.05, 0) is 22.0 Å². The quantitative estimate of drug-likeness (QED) is 0.759. The molecule has 0 bridgehead atoms. The summed E-state index contributed by atoms with van der Waals surface area (Å²) in [4.78, 5) is 0. The van der Waals surface area contributed by atoms with E-state index in [1.54, 1.807) is 18.5 Å². The van der Waals surface area contributed by atoms with Crippen LogP contribution in [0.2, 0.25) is 0 Å². The third-order valence-corrected chi connectivity index (χ3v) is 2.74. The molecule has 84 valence electrons. The molecule has 0 radical (unpaired) electrons. The number of nitrogen functional groups attached to an aromatic ring is 1. The summed E-state index contributed by atoms with van der Waals surface area (Å²) in [7, 11) is 0. The van der Waals surface area contributed by atoms with Gasteiger partial charge in [0.25, 0.3) is 0 Å². The number of nitrogens with two attached hydrogens (primary N) is 1. The lowest BCUT2D eigenvalue weighted by Gasteiger charge is -2.09. The van der Waals surface area contributed by atoms with Crippen molar-refractivity contribution in [1.29, 1.82) is 0 Å². The number of H-pyrrole nitrogens is 1. The average molecular weight is 285 g/mol. The Hall–Kier alpha value is -1.56. The molecular formula is C10H10BrFN4. The second-order valence-electron chi connectivity index (χ2n) is 3.31. The summed E-state index contributed by atoms with van der Waals surface area (Å²) in [6.07, 6.45) is 3.49. The van der Waals surface area contributed by atoms with Crippen molar-refractivity contribution in [1.82, 2.24) is 10.2 Å². The normalized spacial score (nSPS) is 10.4. The number of halogens is 2. The Labute approximate surface area is 100 Å². The zero-order valence-corrected chi connectivity index (χ0v) is 9.88. The van der Waals surface area contributed by atoms with Gasteiger partial charge in [-0.25, -0.2) is 4.39 Å².